The van der Waals surface area contributed by atoms with E-state index in [-0.39, 0.29) is 12.2 Å². The third kappa shape index (κ3) is 3.72. The van der Waals surface area contributed by atoms with E-state index in [1.165, 1.54) is 12.1 Å². The molecule has 0 fully saturated rings. The maximum Gasteiger partial charge on any atom is 0.416 e. The first-order chi connectivity index (χ1) is 10.3. The number of nitrogens with zero attached hydrogens (tertiary/aromatic N) is 2. The number of alkyl halides is 3. The summed E-state index contributed by atoms with van der Waals surface area (Å²) in [7, 11) is 0. The van der Waals surface area contributed by atoms with Crippen LogP contribution < -0.4 is 5.32 Å². The molecule has 0 unspecified atom stereocenters. The van der Waals surface area contributed by atoms with Gasteiger partial charge in [-0.3, -0.25) is 10.1 Å². The summed E-state index contributed by atoms with van der Waals surface area (Å²) in [6.45, 7) is 1.77. The number of anilines is 1. The van der Waals surface area contributed by atoms with Crippen molar-refractivity contribution in [3.8, 4) is 0 Å². The number of pyridine rings is 1. The fourth-order valence-corrected chi connectivity index (χ4v) is 1.89. The molecule has 2 aromatic rings. The minimum absolute atomic E-state index is 0.134. The van der Waals surface area contributed by atoms with Gasteiger partial charge in [-0.2, -0.15) is 13.2 Å². The van der Waals surface area contributed by atoms with E-state index in [1.807, 2.05) is 0 Å². The SMILES string of the molecule is Cc1cc([N+](=O)[O-])cnc1NCc1cccc(C(F)(F)F)c1. The number of nitrogens with one attached hydrogen (secondary N) is 1. The molecule has 0 spiro atoms. The molecule has 1 aromatic carbocycles. The quantitative estimate of drug-likeness (QED) is 0.686. The molecule has 0 aliphatic heterocycles. The molecule has 8 heteroatoms. The van der Waals surface area contributed by atoms with Crippen molar-refractivity contribution in [1.82, 2.24) is 4.98 Å². The van der Waals surface area contributed by atoms with E-state index in [0.29, 0.717) is 16.9 Å². The highest BCUT2D eigenvalue weighted by Crippen LogP contribution is 2.29. The summed E-state index contributed by atoms with van der Waals surface area (Å²) in [6.07, 6.45) is -3.29. The molecular weight excluding hydrogens is 299 g/mol. The van der Waals surface area contributed by atoms with Crippen molar-refractivity contribution >= 4 is 11.5 Å². The molecule has 5 nitrogen and oxygen atoms in total. The molecule has 0 aliphatic carbocycles. The van der Waals surface area contributed by atoms with Crippen LogP contribution in [0.2, 0.25) is 0 Å². The lowest BCUT2D eigenvalue weighted by Crippen LogP contribution is -2.08. The summed E-state index contributed by atoms with van der Waals surface area (Å²) in [6, 6.07) is 6.28. The minimum atomic E-state index is -4.39. The summed E-state index contributed by atoms with van der Waals surface area (Å²) in [4.78, 5) is 14.0. The fraction of sp³-hybridized carbons (Fsp3) is 0.214. The lowest BCUT2D eigenvalue weighted by molar-refractivity contribution is -0.385. The topological polar surface area (TPSA) is 68.1 Å². The number of nitro groups is 1. The summed E-state index contributed by atoms with van der Waals surface area (Å²) in [5.74, 6) is 0.392. The number of aryl methyl sites for hydroxylation is 1. The zero-order valence-electron chi connectivity index (χ0n) is 11.5. The largest absolute Gasteiger partial charge is 0.416 e. The molecule has 0 bridgehead atoms. The molecule has 0 radical (unpaired) electrons. The van der Waals surface area contributed by atoms with Gasteiger partial charge in [0.05, 0.1) is 10.5 Å². The lowest BCUT2D eigenvalue weighted by atomic mass is 10.1. The molecule has 1 aromatic heterocycles. The van der Waals surface area contributed by atoms with Crippen LogP contribution in [0.5, 0.6) is 0 Å². The van der Waals surface area contributed by atoms with E-state index in [2.05, 4.69) is 10.3 Å². The Morgan fingerprint density at radius 2 is 2.05 bits per heavy atom. The van der Waals surface area contributed by atoms with Gasteiger partial charge in [0, 0.05) is 12.6 Å². The van der Waals surface area contributed by atoms with Gasteiger partial charge in [0.15, 0.2) is 0 Å². The molecule has 0 amide bonds. The van der Waals surface area contributed by atoms with Gasteiger partial charge in [0.2, 0.25) is 0 Å². The highest BCUT2D eigenvalue weighted by atomic mass is 19.4. The van der Waals surface area contributed by atoms with E-state index in [4.69, 9.17) is 0 Å². The molecule has 0 atom stereocenters. The van der Waals surface area contributed by atoms with Gasteiger partial charge in [0.25, 0.3) is 5.69 Å². The highest BCUT2D eigenvalue weighted by Gasteiger charge is 2.30. The Morgan fingerprint density at radius 3 is 2.64 bits per heavy atom. The lowest BCUT2D eigenvalue weighted by Gasteiger charge is -2.11. The first kappa shape index (κ1) is 15.7. The number of halogens is 3. The summed E-state index contributed by atoms with van der Waals surface area (Å²) in [5.41, 5.74) is 0.123. The molecule has 0 saturated heterocycles. The summed E-state index contributed by atoms with van der Waals surface area (Å²) in [5, 5.41) is 13.5. The monoisotopic (exact) mass is 311 g/mol. The van der Waals surface area contributed by atoms with Crippen molar-refractivity contribution in [3.05, 3.63) is 63.3 Å². The maximum atomic E-state index is 12.6. The van der Waals surface area contributed by atoms with Crippen molar-refractivity contribution in [1.29, 1.82) is 0 Å². The highest BCUT2D eigenvalue weighted by molar-refractivity contribution is 5.48. The average Bonchev–Trinajstić information content (AvgIpc) is 2.45. The Morgan fingerprint density at radius 1 is 1.32 bits per heavy atom. The standard InChI is InChI=1S/C14H12F3N3O2/c1-9-5-12(20(21)22)8-19-13(9)18-7-10-3-2-4-11(6-10)14(15,16)17/h2-6,8H,7H2,1H3,(H,18,19). The molecule has 116 valence electrons. The molecule has 0 saturated carbocycles. The van der Waals surface area contributed by atoms with Gasteiger partial charge in [-0.15, -0.1) is 0 Å². The Labute approximate surface area is 124 Å². The fourth-order valence-electron chi connectivity index (χ4n) is 1.89. The Bertz CT molecular complexity index is 702. The molecular formula is C14H12F3N3O2. The second-order valence-corrected chi connectivity index (χ2v) is 4.67. The van der Waals surface area contributed by atoms with Crippen molar-refractivity contribution in [2.75, 3.05) is 5.32 Å². The minimum Gasteiger partial charge on any atom is -0.366 e. The smallest absolute Gasteiger partial charge is 0.366 e. The van der Waals surface area contributed by atoms with E-state index in [9.17, 15) is 23.3 Å². The van der Waals surface area contributed by atoms with Crippen LogP contribution in [0.15, 0.2) is 36.5 Å². The summed E-state index contributed by atoms with van der Waals surface area (Å²) < 4.78 is 37.9. The predicted octanol–water partition coefficient (Wildman–Crippen LogP) is 3.93. The van der Waals surface area contributed by atoms with Crippen LogP contribution in [0.4, 0.5) is 24.7 Å². The second-order valence-electron chi connectivity index (χ2n) is 4.67. The zero-order chi connectivity index (χ0) is 16.3. The Hall–Kier alpha value is -2.64. The summed E-state index contributed by atoms with van der Waals surface area (Å²) >= 11 is 0. The molecule has 0 aliphatic rings. The Balaban J connectivity index is 2.12. The third-order valence-corrected chi connectivity index (χ3v) is 2.99. The van der Waals surface area contributed by atoms with Crippen LogP contribution in [-0.4, -0.2) is 9.91 Å². The predicted molar refractivity (Wildman–Crippen MR) is 74.4 cm³/mol. The molecule has 22 heavy (non-hydrogen) atoms. The van der Waals surface area contributed by atoms with Crippen LogP contribution in [-0.2, 0) is 12.7 Å². The Kier molecular flexibility index (Phi) is 4.30. The number of benzene rings is 1. The van der Waals surface area contributed by atoms with Gasteiger partial charge in [-0.05, 0) is 30.2 Å². The van der Waals surface area contributed by atoms with E-state index in [0.717, 1.165) is 18.3 Å². The maximum absolute atomic E-state index is 12.6. The van der Waals surface area contributed by atoms with Crippen molar-refractivity contribution in [2.24, 2.45) is 0 Å². The van der Waals surface area contributed by atoms with Crippen molar-refractivity contribution in [2.45, 2.75) is 19.6 Å². The van der Waals surface area contributed by atoms with E-state index in [1.54, 1.807) is 13.0 Å². The van der Waals surface area contributed by atoms with Gasteiger partial charge in [-0.1, -0.05) is 12.1 Å². The molecule has 1 N–H and O–H groups in total. The van der Waals surface area contributed by atoms with E-state index >= 15 is 0 Å². The first-order valence-corrected chi connectivity index (χ1v) is 6.28. The number of hydrogen-bond acceptors (Lipinski definition) is 4. The van der Waals surface area contributed by atoms with E-state index < -0.39 is 16.7 Å². The third-order valence-electron chi connectivity index (χ3n) is 2.99. The van der Waals surface area contributed by atoms with Crippen LogP contribution >= 0.6 is 0 Å². The first-order valence-electron chi connectivity index (χ1n) is 6.28. The molecule has 2 rings (SSSR count). The van der Waals surface area contributed by atoms with Gasteiger partial charge < -0.3 is 5.32 Å². The molecule has 1 heterocycles. The number of rotatable bonds is 4. The normalized spacial score (nSPS) is 11.3. The number of aromatic nitrogens is 1. The van der Waals surface area contributed by atoms with Crippen molar-refractivity contribution < 1.29 is 18.1 Å². The van der Waals surface area contributed by atoms with Crippen LogP contribution in [0.25, 0.3) is 0 Å². The van der Waals surface area contributed by atoms with Crippen LogP contribution in [0.3, 0.4) is 0 Å². The van der Waals surface area contributed by atoms with Gasteiger partial charge in [-0.25, -0.2) is 4.98 Å². The number of hydrogen-bond donors (Lipinski definition) is 1. The van der Waals surface area contributed by atoms with Gasteiger partial charge >= 0.3 is 6.18 Å². The average molecular weight is 311 g/mol. The zero-order valence-corrected chi connectivity index (χ0v) is 11.5. The van der Waals surface area contributed by atoms with Crippen LogP contribution in [0, 0.1) is 17.0 Å². The van der Waals surface area contributed by atoms with Crippen molar-refractivity contribution in [3.63, 3.8) is 0 Å². The second kappa shape index (κ2) is 6.00. The van der Waals surface area contributed by atoms with Gasteiger partial charge in [0.1, 0.15) is 12.0 Å². The van der Waals surface area contributed by atoms with Crippen LogP contribution in [0.1, 0.15) is 16.7 Å².